The molecule has 7 nitrogen and oxygen atoms in total. The number of rotatable bonds is 6. The molecule has 2 heterocycles. The van der Waals surface area contributed by atoms with Crippen LogP contribution >= 0.6 is 0 Å². The van der Waals surface area contributed by atoms with Gasteiger partial charge in [0.25, 0.3) is 5.91 Å². The smallest absolute Gasteiger partial charge is 0.270 e. The van der Waals surface area contributed by atoms with Crippen LogP contribution < -0.4 is 10.1 Å². The van der Waals surface area contributed by atoms with Crippen molar-refractivity contribution in [1.82, 2.24) is 20.4 Å². The average molecular weight is 288 g/mol. The number of hydrogen-bond donors (Lipinski definition) is 1. The van der Waals surface area contributed by atoms with Crippen molar-refractivity contribution in [1.29, 1.82) is 0 Å². The molecule has 1 aliphatic rings. The molecule has 1 amide bonds. The number of carbonyl (C=O) groups excluding carboxylic acids is 1. The van der Waals surface area contributed by atoms with Crippen molar-refractivity contribution in [2.75, 3.05) is 13.7 Å². The minimum absolute atomic E-state index is 0.254. The molecular formula is C14H16N4O3. The Hall–Kier alpha value is -2.44. The Morgan fingerprint density at radius 1 is 1.52 bits per heavy atom. The fourth-order valence-electron chi connectivity index (χ4n) is 1.91. The summed E-state index contributed by atoms with van der Waals surface area (Å²) in [5, 5.41) is 6.70. The molecule has 1 fully saturated rings. The molecule has 1 saturated carbocycles. The quantitative estimate of drug-likeness (QED) is 0.862. The molecule has 0 aromatic carbocycles. The second kappa shape index (κ2) is 5.90. The van der Waals surface area contributed by atoms with Crippen LogP contribution in [0.4, 0.5) is 0 Å². The predicted molar refractivity (Wildman–Crippen MR) is 73.1 cm³/mol. The zero-order valence-corrected chi connectivity index (χ0v) is 11.7. The number of hydrogen-bond acceptors (Lipinski definition) is 6. The maximum atomic E-state index is 11.9. The summed E-state index contributed by atoms with van der Waals surface area (Å²) in [4.78, 5) is 20.2. The van der Waals surface area contributed by atoms with Crippen molar-refractivity contribution in [2.45, 2.75) is 25.2 Å². The van der Waals surface area contributed by atoms with E-state index in [0.29, 0.717) is 36.2 Å². The molecule has 0 atom stereocenters. The van der Waals surface area contributed by atoms with Crippen molar-refractivity contribution in [2.24, 2.45) is 0 Å². The number of nitrogens with zero attached hydrogens (tertiary/aromatic N) is 3. The van der Waals surface area contributed by atoms with Crippen LogP contribution in [0, 0.1) is 0 Å². The third-order valence-electron chi connectivity index (χ3n) is 3.25. The maximum Gasteiger partial charge on any atom is 0.270 e. The molecule has 1 N–H and O–H groups in total. The third kappa shape index (κ3) is 3.36. The van der Waals surface area contributed by atoms with Crippen LogP contribution in [-0.4, -0.2) is 34.7 Å². The van der Waals surface area contributed by atoms with Crippen molar-refractivity contribution in [3.05, 3.63) is 35.7 Å². The van der Waals surface area contributed by atoms with Gasteiger partial charge in [-0.3, -0.25) is 9.78 Å². The van der Waals surface area contributed by atoms with E-state index < -0.39 is 0 Å². The lowest BCUT2D eigenvalue weighted by atomic mass is 10.3. The topological polar surface area (TPSA) is 90.1 Å². The van der Waals surface area contributed by atoms with E-state index in [9.17, 15) is 4.79 Å². The number of aromatic nitrogens is 3. The molecule has 0 radical (unpaired) electrons. The normalized spacial score (nSPS) is 14.0. The van der Waals surface area contributed by atoms with Gasteiger partial charge < -0.3 is 14.6 Å². The fourth-order valence-corrected chi connectivity index (χ4v) is 1.91. The third-order valence-corrected chi connectivity index (χ3v) is 3.25. The largest absolute Gasteiger partial charge is 0.497 e. The summed E-state index contributed by atoms with van der Waals surface area (Å²) in [7, 11) is 1.55. The van der Waals surface area contributed by atoms with E-state index in [4.69, 9.17) is 9.26 Å². The first-order valence-corrected chi connectivity index (χ1v) is 6.87. The predicted octanol–water partition coefficient (Wildman–Crippen LogP) is 1.32. The van der Waals surface area contributed by atoms with Crippen LogP contribution in [0.3, 0.4) is 0 Å². The summed E-state index contributed by atoms with van der Waals surface area (Å²) < 4.78 is 10.2. The Bertz CT molecular complexity index is 637. The molecule has 1 aliphatic carbocycles. The van der Waals surface area contributed by atoms with Gasteiger partial charge in [0.2, 0.25) is 5.89 Å². The molecule has 2 aromatic heterocycles. The first-order valence-electron chi connectivity index (χ1n) is 6.87. The molecule has 0 spiro atoms. The van der Waals surface area contributed by atoms with E-state index in [-0.39, 0.29) is 5.91 Å². The van der Waals surface area contributed by atoms with Crippen LogP contribution in [0.15, 0.2) is 22.9 Å². The molecule has 0 unspecified atom stereocenters. The summed E-state index contributed by atoms with van der Waals surface area (Å²) >= 11 is 0. The zero-order chi connectivity index (χ0) is 14.7. The summed E-state index contributed by atoms with van der Waals surface area (Å²) in [6.07, 6.45) is 4.32. The first kappa shape index (κ1) is 13.5. The van der Waals surface area contributed by atoms with Gasteiger partial charge in [0, 0.05) is 31.1 Å². The second-order valence-electron chi connectivity index (χ2n) is 4.91. The molecule has 21 heavy (non-hydrogen) atoms. The Morgan fingerprint density at radius 3 is 3.14 bits per heavy atom. The lowest BCUT2D eigenvalue weighted by Gasteiger charge is -2.04. The minimum Gasteiger partial charge on any atom is -0.497 e. The van der Waals surface area contributed by atoms with Gasteiger partial charge in [0.1, 0.15) is 11.4 Å². The van der Waals surface area contributed by atoms with Crippen molar-refractivity contribution in [3.63, 3.8) is 0 Å². The van der Waals surface area contributed by atoms with Crippen molar-refractivity contribution >= 4 is 5.91 Å². The summed E-state index contributed by atoms with van der Waals surface area (Å²) in [5.41, 5.74) is 0.318. The molecule has 110 valence electrons. The number of pyridine rings is 1. The lowest BCUT2D eigenvalue weighted by Crippen LogP contribution is -2.26. The van der Waals surface area contributed by atoms with Gasteiger partial charge in [-0.15, -0.1) is 0 Å². The molecule has 0 bridgehead atoms. The highest BCUT2D eigenvalue weighted by molar-refractivity contribution is 5.92. The van der Waals surface area contributed by atoms with Crippen LogP contribution in [0.1, 0.15) is 41.0 Å². The highest BCUT2D eigenvalue weighted by Gasteiger charge is 2.28. The Balaban J connectivity index is 1.50. The molecule has 0 saturated heterocycles. The van der Waals surface area contributed by atoms with E-state index in [0.717, 1.165) is 18.7 Å². The fraction of sp³-hybridized carbons (Fsp3) is 0.429. The average Bonchev–Trinajstić information content (AvgIpc) is 3.27. The van der Waals surface area contributed by atoms with Crippen LogP contribution in [0.2, 0.25) is 0 Å². The molecule has 3 rings (SSSR count). The highest BCUT2D eigenvalue weighted by atomic mass is 16.5. The SMILES string of the molecule is COc1ccnc(C(=O)NCCc2nc(C3CC3)no2)c1. The van der Waals surface area contributed by atoms with Gasteiger partial charge >= 0.3 is 0 Å². The van der Waals surface area contributed by atoms with Crippen molar-refractivity contribution in [3.8, 4) is 5.75 Å². The van der Waals surface area contributed by atoms with Gasteiger partial charge in [0.15, 0.2) is 5.82 Å². The van der Waals surface area contributed by atoms with E-state index in [1.807, 2.05) is 0 Å². The van der Waals surface area contributed by atoms with Crippen LogP contribution in [0.25, 0.3) is 0 Å². The number of amides is 1. The molecule has 2 aromatic rings. The second-order valence-corrected chi connectivity index (χ2v) is 4.91. The number of carbonyl (C=O) groups is 1. The van der Waals surface area contributed by atoms with Gasteiger partial charge in [0.05, 0.1) is 7.11 Å². The van der Waals surface area contributed by atoms with Gasteiger partial charge in [-0.05, 0) is 18.9 Å². The molecule has 7 heteroatoms. The Kier molecular flexibility index (Phi) is 3.81. The molecular weight excluding hydrogens is 272 g/mol. The van der Waals surface area contributed by atoms with Gasteiger partial charge in [-0.25, -0.2) is 0 Å². The first-order chi connectivity index (χ1) is 10.3. The Morgan fingerprint density at radius 2 is 2.38 bits per heavy atom. The van der Waals surface area contributed by atoms with Crippen LogP contribution in [0.5, 0.6) is 5.75 Å². The lowest BCUT2D eigenvalue weighted by molar-refractivity contribution is 0.0948. The summed E-state index contributed by atoms with van der Waals surface area (Å²) in [5.74, 6) is 2.15. The Labute approximate surface area is 121 Å². The number of methoxy groups -OCH3 is 1. The number of nitrogens with one attached hydrogen (secondary N) is 1. The number of ether oxygens (including phenoxy) is 1. The maximum absolute atomic E-state index is 11.9. The molecule has 0 aliphatic heterocycles. The van der Waals surface area contributed by atoms with E-state index in [1.165, 1.54) is 6.20 Å². The standard InChI is InChI=1S/C14H16N4O3/c1-20-10-4-6-15-11(8-10)14(19)16-7-5-12-17-13(18-21-12)9-2-3-9/h4,6,8-9H,2-3,5,7H2,1H3,(H,16,19). The van der Waals surface area contributed by atoms with Crippen LogP contribution in [-0.2, 0) is 6.42 Å². The van der Waals surface area contributed by atoms with Crippen molar-refractivity contribution < 1.29 is 14.1 Å². The van der Waals surface area contributed by atoms with E-state index in [2.05, 4.69) is 20.4 Å². The van der Waals surface area contributed by atoms with E-state index in [1.54, 1.807) is 19.2 Å². The zero-order valence-electron chi connectivity index (χ0n) is 11.7. The summed E-state index contributed by atoms with van der Waals surface area (Å²) in [6, 6.07) is 3.28. The van der Waals surface area contributed by atoms with Gasteiger partial charge in [-0.2, -0.15) is 4.98 Å². The minimum atomic E-state index is -0.254. The monoisotopic (exact) mass is 288 g/mol. The highest BCUT2D eigenvalue weighted by Crippen LogP contribution is 2.38. The summed E-state index contributed by atoms with van der Waals surface area (Å²) in [6.45, 7) is 0.421. The van der Waals surface area contributed by atoms with Gasteiger partial charge in [-0.1, -0.05) is 5.16 Å². The van der Waals surface area contributed by atoms with E-state index >= 15 is 0 Å².